The molecule has 0 N–H and O–H groups in total. The second kappa shape index (κ2) is 7.19. The summed E-state index contributed by atoms with van der Waals surface area (Å²) in [5.41, 5.74) is 2.71. The summed E-state index contributed by atoms with van der Waals surface area (Å²) in [5, 5.41) is 4.17. The maximum Gasteiger partial charge on any atom is 0.281 e. The van der Waals surface area contributed by atoms with Gasteiger partial charge in [-0.3, -0.25) is 9.67 Å². The summed E-state index contributed by atoms with van der Waals surface area (Å²) < 4.78 is 28.9. The van der Waals surface area contributed by atoms with E-state index in [9.17, 15) is 8.42 Å². The first-order valence-corrected chi connectivity index (χ1v) is 9.73. The molecule has 0 spiro atoms. The van der Waals surface area contributed by atoms with Crippen LogP contribution < -0.4 is 0 Å². The van der Waals surface area contributed by atoms with Gasteiger partial charge in [-0.1, -0.05) is 0 Å². The van der Waals surface area contributed by atoms with E-state index in [0.717, 1.165) is 36.2 Å². The van der Waals surface area contributed by atoms with Crippen LogP contribution in [0.3, 0.4) is 0 Å². The number of hydrogen-bond acceptors (Lipinski definition) is 5. The van der Waals surface area contributed by atoms with Gasteiger partial charge in [0.2, 0.25) is 0 Å². The fourth-order valence-corrected chi connectivity index (χ4v) is 4.20. The molecule has 3 heterocycles. The molecule has 0 aliphatic carbocycles. The Balaban J connectivity index is 1.63. The fourth-order valence-electron chi connectivity index (χ4n) is 3.07. The van der Waals surface area contributed by atoms with E-state index >= 15 is 0 Å². The lowest BCUT2D eigenvalue weighted by molar-refractivity contribution is 0.261. The van der Waals surface area contributed by atoms with E-state index in [-0.39, 0.29) is 0 Å². The van der Waals surface area contributed by atoms with Crippen LogP contribution in [0.4, 0.5) is 0 Å². The van der Waals surface area contributed by atoms with Gasteiger partial charge in [0, 0.05) is 52.2 Å². The molecule has 0 aromatic carbocycles. The van der Waals surface area contributed by atoms with Crippen molar-refractivity contribution in [3.05, 3.63) is 30.5 Å². The van der Waals surface area contributed by atoms with Gasteiger partial charge in [0.25, 0.3) is 10.2 Å². The highest BCUT2D eigenvalue weighted by molar-refractivity contribution is 7.86. The van der Waals surface area contributed by atoms with Gasteiger partial charge in [-0.2, -0.15) is 22.1 Å². The van der Waals surface area contributed by atoms with Gasteiger partial charge in [-0.15, -0.1) is 0 Å². The average molecular weight is 364 g/mol. The summed E-state index contributed by atoms with van der Waals surface area (Å²) in [7, 11) is 1.70. The van der Waals surface area contributed by atoms with Crippen LogP contribution in [0, 0.1) is 5.92 Å². The molecule has 136 valence electrons. The molecule has 9 heteroatoms. The molecule has 1 fully saturated rings. The molecule has 1 aliphatic rings. The Kier molecular flexibility index (Phi) is 5.16. The van der Waals surface area contributed by atoms with Crippen molar-refractivity contribution in [2.75, 3.05) is 27.2 Å². The number of aromatic nitrogens is 4. The van der Waals surface area contributed by atoms with Crippen LogP contribution in [0.15, 0.2) is 24.8 Å². The van der Waals surface area contributed by atoms with Crippen molar-refractivity contribution in [3.63, 3.8) is 0 Å². The lowest BCUT2D eigenvalue weighted by Crippen LogP contribution is -2.44. The van der Waals surface area contributed by atoms with Gasteiger partial charge in [-0.05, 0) is 25.2 Å². The molecule has 1 saturated heterocycles. The first-order valence-electron chi connectivity index (χ1n) is 8.34. The van der Waals surface area contributed by atoms with Crippen LogP contribution in [0.2, 0.25) is 0 Å². The molecule has 0 amide bonds. The van der Waals surface area contributed by atoms with Crippen molar-refractivity contribution < 1.29 is 8.42 Å². The van der Waals surface area contributed by atoms with Crippen LogP contribution in [0.1, 0.15) is 18.5 Å². The molecule has 0 unspecified atom stereocenters. The Labute approximate surface area is 148 Å². The summed E-state index contributed by atoms with van der Waals surface area (Å²) >= 11 is 0. The van der Waals surface area contributed by atoms with Gasteiger partial charge >= 0.3 is 0 Å². The quantitative estimate of drug-likeness (QED) is 0.788. The third kappa shape index (κ3) is 4.05. The number of nitrogens with zero attached hydrogens (tertiary/aromatic N) is 6. The highest BCUT2D eigenvalue weighted by atomic mass is 32.2. The summed E-state index contributed by atoms with van der Waals surface area (Å²) in [6, 6.07) is 0. The Hall–Kier alpha value is -1.84. The van der Waals surface area contributed by atoms with Crippen LogP contribution in [0.25, 0.3) is 11.3 Å². The molecular weight excluding hydrogens is 340 g/mol. The molecule has 1 aliphatic heterocycles. The number of hydrogen-bond donors (Lipinski definition) is 0. The van der Waals surface area contributed by atoms with Gasteiger partial charge in [0.1, 0.15) is 0 Å². The monoisotopic (exact) mass is 364 g/mol. The standard InChI is InChI=1S/C16H24N6O2S/c1-20(2)25(23,24)22-6-4-13(5-7-22)8-15-10-17-11-16(19-15)14-9-18-21(3)12-14/h9-13H,4-8H2,1-3H3. The highest BCUT2D eigenvalue weighted by Gasteiger charge is 2.29. The van der Waals surface area contributed by atoms with Gasteiger partial charge in [-0.25, -0.2) is 4.98 Å². The first kappa shape index (κ1) is 18.0. The van der Waals surface area contributed by atoms with E-state index < -0.39 is 10.2 Å². The minimum Gasteiger partial charge on any atom is -0.275 e. The topological polar surface area (TPSA) is 84.2 Å². The second-order valence-corrected chi connectivity index (χ2v) is 8.78. The predicted molar refractivity (Wildman–Crippen MR) is 94.8 cm³/mol. The molecule has 8 nitrogen and oxygen atoms in total. The largest absolute Gasteiger partial charge is 0.281 e. The highest BCUT2D eigenvalue weighted by Crippen LogP contribution is 2.24. The second-order valence-electron chi connectivity index (χ2n) is 6.64. The van der Waals surface area contributed by atoms with E-state index in [1.54, 1.807) is 41.7 Å². The van der Waals surface area contributed by atoms with E-state index in [0.29, 0.717) is 19.0 Å². The van der Waals surface area contributed by atoms with Crippen LogP contribution in [0.5, 0.6) is 0 Å². The molecule has 0 saturated carbocycles. The molecular formula is C16H24N6O2S. The minimum absolute atomic E-state index is 0.423. The van der Waals surface area contributed by atoms with Crippen molar-refractivity contribution in [2.45, 2.75) is 19.3 Å². The Morgan fingerprint density at radius 3 is 2.52 bits per heavy atom. The summed E-state index contributed by atoms with van der Waals surface area (Å²) in [4.78, 5) is 8.99. The zero-order valence-electron chi connectivity index (χ0n) is 14.8. The van der Waals surface area contributed by atoms with Crippen molar-refractivity contribution in [1.29, 1.82) is 0 Å². The van der Waals surface area contributed by atoms with Crippen molar-refractivity contribution in [2.24, 2.45) is 13.0 Å². The first-order chi connectivity index (χ1) is 11.9. The van der Waals surface area contributed by atoms with Gasteiger partial charge in [0.05, 0.1) is 23.8 Å². The van der Waals surface area contributed by atoms with Gasteiger partial charge < -0.3 is 0 Å². The average Bonchev–Trinajstić information content (AvgIpc) is 3.02. The lowest BCUT2D eigenvalue weighted by atomic mass is 9.93. The van der Waals surface area contributed by atoms with Crippen LogP contribution >= 0.6 is 0 Å². The molecule has 0 atom stereocenters. The molecule has 0 bridgehead atoms. The van der Waals surface area contributed by atoms with Crippen molar-refractivity contribution >= 4 is 10.2 Å². The molecule has 2 aromatic rings. The molecule has 3 rings (SSSR count). The van der Waals surface area contributed by atoms with E-state index in [2.05, 4.69) is 10.1 Å². The zero-order valence-corrected chi connectivity index (χ0v) is 15.6. The van der Waals surface area contributed by atoms with E-state index in [1.807, 2.05) is 13.2 Å². The summed E-state index contributed by atoms with van der Waals surface area (Å²) in [6.45, 7) is 1.11. The Morgan fingerprint density at radius 2 is 1.92 bits per heavy atom. The maximum atomic E-state index is 12.2. The van der Waals surface area contributed by atoms with E-state index in [4.69, 9.17) is 4.98 Å². The molecule has 0 radical (unpaired) electrons. The number of rotatable bonds is 5. The van der Waals surface area contributed by atoms with Crippen LogP contribution in [-0.4, -0.2) is 64.0 Å². The maximum absolute atomic E-state index is 12.2. The number of aryl methyl sites for hydroxylation is 1. The van der Waals surface area contributed by atoms with Crippen molar-refractivity contribution in [3.8, 4) is 11.3 Å². The number of piperidine rings is 1. The third-order valence-electron chi connectivity index (χ3n) is 4.54. The van der Waals surface area contributed by atoms with E-state index in [1.165, 1.54) is 4.31 Å². The predicted octanol–water partition coefficient (Wildman–Crippen LogP) is 0.938. The summed E-state index contributed by atoms with van der Waals surface area (Å²) in [6.07, 6.45) is 9.72. The van der Waals surface area contributed by atoms with Crippen molar-refractivity contribution in [1.82, 2.24) is 28.4 Å². The third-order valence-corrected chi connectivity index (χ3v) is 6.48. The zero-order chi connectivity index (χ0) is 18.0. The summed E-state index contributed by atoms with van der Waals surface area (Å²) in [5.74, 6) is 0.423. The molecule has 25 heavy (non-hydrogen) atoms. The van der Waals surface area contributed by atoms with Crippen LogP contribution in [-0.2, 0) is 23.7 Å². The minimum atomic E-state index is -3.31. The fraction of sp³-hybridized carbons (Fsp3) is 0.562. The SMILES string of the molecule is CN(C)S(=O)(=O)N1CCC(Cc2cncc(-c3cnn(C)c3)n2)CC1. The smallest absolute Gasteiger partial charge is 0.275 e. The lowest BCUT2D eigenvalue weighted by Gasteiger charge is -2.32. The normalized spacial score (nSPS) is 17.3. The molecule has 2 aromatic heterocycles. The Morgan fingerprint density at radius 1 is 1.20 bits per heavy atom. The Bertz CT molecular complexity index is 825. The van der Waals surface area contributed by atoms with Gasteiger partial charge in [0.15, 0.2) is 0 Å².